The zero-order valence-electron chi connectivity index (χ0n) is 17.2. The molecule has 2 aromatic carbocycles. The highest BCUT2D eigenvalue weighted by atomic mass is 16.7. The Balaban J connectivity index is 1.40. The van der Waals surface area contributed by atoms with E-state index in [1.54, 1.807) is 18.2 Å². The molecule has 2 heterocycles. The van der Waals surface area contributed by atoms with E-state index in [1.807, 2.05) is 24.4 Å². The van der Waals surface area contributed by atoms with Crippen molar-refractivity contribution in [2.75, 3.05) is 6.79 Å². The van der Waals surface area contributed by atoms with Gasteiger partial charge in [-0.1, -0.05) is 44.2 Å². The van der Waals surface area contributed by atoms with Crippen LogP contribution in [0.15, 0.2) is 54.7 Å². The molecule has 6 nitrogen and oxygen atoms in total. The number of aromatic nitrogens is 2. The van der Waals surface area contributed by atoms with Gasteiger partial charge in [-0.3, -0.25) is 9.48 Å². The number of carbonyl (C=O) groups excluding carboxylic acids is 1. The molecule has 1 atom stereocenters. The van der Waals surface area contributed by atoms with E-state index >= 15 is 0 Å². The number of amides is 1. The average Bonchev–Trinajstić information content (AvgIpc) is 3.34. The molecular formula is C24H25N3O3. The minimum absolute atomic E-state index is 0.0638. The van der Waals surface area contributed by atoms with Crippen LogP contribution in [0.3, 0.4) is 0 Å². The molecule has 1 amide bonds. The van der Waals surface area contributed by atoms with Crippen molar-refractivity contribution in [1.82, 2.24) is 15.1 Å². The Morgan fingerprint density at radius 2 is 1.97 bits per heavy atom. The number of hydrogen-bond acceptors (Lipinski definition) is 4. The first-order valence-corrected chi connectivity index (χ1v) is 10.3. The molecule has 1 aromatic heterocycles. The molecule has 1 aliphatic heterocycles. The highest BCUT2D eigenvalue weighted by Crippen LogP contribution is 2.41. The quantitative estimate of drug-likeness (QED) is 0.712. The topological polar surface area (TPSA) is 65.4 Å². The third-order valence-electron chi connectivity index (χ3n) is 5.87. The summed E-state index contributed by atoms with van der Waals surface area (Å²) >= 11 is 0. The summed E-state index contributed by atoms with van der Waals surface area (Å²) in [5.41, 5.74) is 4.16. The minimum atomic E-state index is -0.113. The Labute approximate surface area is 175 Å². The van der Waals surface area contributed by atoms with Crippen molar-refractivity contribution in [3.63, 3.8) is 0 Å². The number of carbonyl (C=O) groups is 1. The number of ether oxygens (including phenoxy) is 2. The zero-order valence-corrected chi connectivity index (χ0v) is 17.2. The van der Waals surface area contributed by atoms with Gasteiger partial charge in [-0.15, -0.1) is 0 Å². The molecule has 2 aliphatic rings. The van der Waals surface area contributed by atoms with Gasteiger partial charge in [0.2, 0.25) is 6.79 Å². The summed E-state index contributed by atoms with van der Waals surface area (Å²) in [7, 11) is 0. The summed E-state index contributed by atoms with van der Waals surface area (Å²) in [6, 6.07) is 15.6. The molecule has 0 fully saturated rings. The van der Waals surface area contributed by atoms with Crippen molar-refractivity contribution in [2.24, 2.45) is 5.41 Å². The van der Waals surface area contributed by atoms with Crippen molar-refractivity contribution in [1.29, 1.82) is 0 Å². The first-order valence-electron chi connectivity index (χ1n) is 10.3. The molecule has 5 rings (SSSR count). The first-order chi connectivity index (χ1) is 14.5. The van der Waals surface area contributed by atoms with Gasteiger partial charge in [0.1, 0.15) is 0 Å². The zero-order chi connectivity index (χ0) is 20.7. The van der Waals surface area contributed by atoms with E-state index in [0.29, 0.717) is 17.1 Å². The second-order valence-corrected chi connectivity index (χ2v) is 8.83. The SMILES string of the molecule is CC1(C)Cc2c(cnn2Cc2ccccc2)[C@@H](NC(=O)c2ccc3c(c2)OCO3)C1. The highest BCUT2D eigenvalue weighted by molar-refractivity contribution is 5.95. The fourth-order valence-corrected chi connectivity index (χ4v) is 4.40. The molecule has 0 radical (unpaired) electrons. The predicted octanol–water partition coefficient (Wildman–Crippen LogP) is 4.10. The van der Waals surface area contributed by atoms with E-state index in [4.69, 9.17) is 9.47 Å². The van der Waals surface area contributed by atoms with E-state index < -0.39 is 0 Å². The lowest BCUT2D eigenvalue weighted by Crippen LogP contribution is -2.36. The fourth-order valence-electron chi connectivity index (χ4n) is 4.40. The summed E-state index contributed by atoms with van der Waals surface area (Å²) in [6.07, 6.45) is 3.72. The number of rotatable bonds is 4. The van der Waals surface area contributed by atoms with Crippen LogP contribution >= 0.6 is 0 Å². The summed E-state index contributed by atoms with van der Waals surface area (Å²) < 4.78 is 12.8. The van der Waals surface area contributed by atoms with Gasteiger partial charge >= 0.3 is 0 Å². The van der Waals surface area contributed by atoms with E-state index in [-0.39, 0.29) is 24.2 Å². The van der Waals surface area contributed by atoms with Gasteiger partial charge in [-0.25, -0.2) is 0 Å². The van der Waals surface area contributed by atoms with Gasteiger partial charge in [-0.2, -0.15) is 5.10 Å². The van der Waals surface area contributed by atoms with Crippen LogP contribution in [-0.2, 0) is 13.0 Å². The number of hydrogen-bond donors (Lipinski definition) is 1. The van der Waals surface area contributed by atoms with Crippen LogP contribution in [0.1, 0.15) is 53.5 Å². The minimum Gasteiger partial charge on any atom is -0.454 e. The first kappa shape index (κ1) is 18.7. The van der Waals surface area contributed by atoms with Gasteiger partial charge in [0.25, 0.3) is 5.91 Å². The lowest BCUT2D eigenvalue weighted by molar-refractivity contribution is 0.0918. The lowest BCUT2D eigenvalue weighted by Gasteiger charge is -2.36. The van der Waals surface area contributed by atoms with E-state index in [0.717, 1.165) is 24.9 Å². The summed E-state index contributed by atoms with van der Waals surface area (Å²) in [6.45, 7) is 5.42. The number of fused-ring (bicyclic) bond motifs is 2. The predicted molar refractivity (Wildman–Crippen MR) is 113 cm³/mol. The summed E-state index contributed by atoms with van der Waals surface area (Å²) in [5.74, 6) is 1.18. The van der Waals surface area contributed by atoms with E-state index in [1.165, 1.54) is 11.3 Å². The number of benzene rings is 2. The molecule has 1 aliphatic carbocycles. The van der Waals surface area contributed by atoms with Gasteiger partial charge in [0, 0.05) is 16.8 Å². The molecule has 0 saturated carbocycles. The number of nitrogens with zero attached hydrogens (tertiary/aromatic N) is 2. The largest absolute Gasteiger partial charge is 0.454 e. The maximum Gasteiger partial charge on any atom is 0.251 e. The molecular weight excluding hydrogens is 378 g/mol. The van der Waals surface area contributed by atoms with Crippen molar-refractivity contribution in [2.45, 2.75) is 39.3 Å². The summed E-state index contributed by atoms with van der Waals surface area (Å²) in [4.78, 5) is 13.0. The molecule has 0 bridgehead atoms. The molecule has 0 saturated heterocycles. The van der Waals surface area contributed by atoms with Crippen LogP contribution in [0.4, 0.5) is 0 Å². The molecule has 154 valence electrons. The molecule has 6 heteroatoms. The Hall–Kier alpha value is -3.28. The third-order valence-corrected chi connectivity index (χ3v) is 5.87. The smallest absolute Gasteiger partial charge is 0.251 e. The highest BCUT2D eigenvalue weighted by Gasteiger charge is 2.36. The monoisotopic (exact) mass is 403 g/mol. The Morgan fingerprint density at radius 1 is 1.17 bits per heavy atom. The normalized spacial score (nSPS) is 18.7. The Bertz CT molecular complexity index is 1090. The van der Waals surface area contributed by atoms with Crippen LogP contribution in [0, 0.1) is 5.41 Å². The Kier molecular flexibility index (Phi) is 4.50. The molecule has 3 aromatic rings. The second kappa shape index (κ2) is 7.20. The van der Waals surface area contributed by atoms with Crippen molar-refractivity contribution in [3.8, 4) is 11.5 Å². The lowest BCUT2D eigenvalue weighted by atomic mass is 9.74. The molecule has 0 spiro atoms. The van der Waals surface area contributed by atoms with Crippen LogP contribution in [0.2, 0.25) is 0 Å². The fraction of sp³-hybridized carbons (Fsp3) is 0.333. The summed E-state index contributed by atoms with van der Waals surface area (Å²) in [5, 5.41) is 7.89. The number of nitrogens with one attached hydrogen (secondary N) is 1. The van der Waals surface area contributed by atoms with Crippen LogP contribution in [0.5, 0.6) is 11.5 Å². The maximum absolute atomic E-state index is 13.0. The second-order valence-electron chi connectivity index (χ2n) is 8.83. The van der Waals surface area contributed by atoms with Crippen LogP contribution < -0.4 is 14.8 Å². The molecule has 1 N–H and O–H groups in total. The van der Waals surface area contributed by atoms with Crippen LogP contribution in [-0.4, -0.2) is 22.5 Å². The van der Waals surface area contributed by atoms with Crippen molar-refractivity contribution in [3.05, 3.63) is 77.1 Å². The van der Waals surface area contributed by atoms with Gasteiger partial charge in [0.05, 0.1) is 18.8 Å². The van der Waals surface area contributed by atoms with Crippen LogP contribution in [0.25, 0.3) is 0 Å². The van der Waals surface area contributed by atoms with E-state index in [9.17, 15) is 4.79 Å². The van der Waals surface area contributed by atoms with Gasteiger partial charge in [-0.05, 0) is 42.0 Å². The molecule has 30 heavy (non-hydrogen) atoms. The van der Waals surface area contributed by atoms with Gasteiger partial charge < -0.3 is 14.8 Å². The van der Waals surface area contributed by atoms with Crippen molar-refractivity contribution < 1.29 is 14.3 Å². The third kappa shape index (κ3) is 3.54. The Morgan fingerprint density at radius 3 is 2.80 bits per heavy atom. The average molecular weight is 403 g/mol. The van der Waals surface area contributed by atoms with Crippen molar-refractivity contribution >= 4 is 5.91 Å². The maximum atomic E-state index is 13.0. The molecule has 0 unspecified atom stereocenters. The standard InChI is InChI=1S/C24H25N3O3/c1-24(2)11-19(26-23(28)17-8-9-21-22(10-17)30-15-29-21)18-13-25-27(20(18)12-24)14-16-6-4-3-5-7-16/h3-10,13,19H,11-12,14-15H2,1-2H3,(H,26,28)/t19-/m0/s1. The van der Waals surface area contributed by atoms with Gasteiger partial charge in [0.15, 0.2) is 11.5 Å². The van der Waals surface area contributed by atoms with E-state index in [2.05, 4.69) is 41.1 Å².